The highest BCUT2D eigenvalue weighted by Crippen LogP contribution is 2.24. The first-order chi connectivity index (χ1) is 7.03. The van der Waals surface area contributed by atoms with Crippen molar-refractivity contribution in [3.05, 3.63) is 11.4 Å². The average Bonchev–Trinajstić information content (AvgIpc) is 2.75. The molecular weight excluding hydrogens is 214 g/mol. The minimum Gasteiger partial charge on any atom is -0.281 e. The summed E-state index contributed by atoms with van der Waals surface area (Å²) in [5.74, 6) is 0. The van der Waals surface area contributed by atoms with E-state index in [1.807, 2.05) is 0 Å². The maximum atomic E-state index is 12.2. The predicted octanol–water partition coefficient (Wildman–Crippen LogP) is 0.811. The number of sulfonamides is 1. The maximum Gasteiger partial charge on any atom is 0.246 e. The first-order valence-electron chi connectivity index (χ1n) is 5.05. The van der Waals surface area contributed by atoms with E-state index in [0.29, 0.717) is 29.4 Å². The van der Waals surface area contributed by atoms with Gasteiger partial charge in [-0.3, -0.25) is 5.10 Å². The number of aromatic amines is 1. The number of nitrogens with one attached hydrogen (secondary N) is 1. The zero-order valence-corrected chi connectivity index (χ0v) is 9.76. The van der Waals surface area contributed by atoms with E-state index in [2.05, 4.69) is 10.2 Å². The SMILES string of the molecule is Cc1n[nH]c(C)c1S(=O)(=O)N1CCCC1. The van der Waals surface area contributed by atoms with E-state index in [9.17, 15) is 8.42 Å². The van der Waals surface area contributed by atoms with Crippen molar-refractivity contribution in [1.82, 2.24) is 14.5 Å². The third-order valence-electron chi connectivity index (χ3n) is 2.72. The molecule has 1 aromatic rings. The first kappa shape index (κ1) is 10.6. The van der Waals surface area contributed by atoms with E-state index in [4.69, 9.17) is 0 Å². The van der Waals surface area contributed by atoms with Crippen molar-refractivity contribution in [3.63, 3.8) is 0 Å². The van der Waals surface area contributed by atoms with Crippen molar-refractivity contribution >= 4 is 10.0 Å². The molecule has 84 valence electrons. The van der Waals surface area contributed by atoms with Crippen molar-refractivity contribution in [2.45, 2.75) is 31.6 Å². The maximum absolute atomic E-state index is 12.2. The molecule has 0 atom stereocenters. The van der Waals surface area contributed by atoms with Gasteiger partial charge in [-0.15, -0.1) is 0 Å². The van der Waals surface area contributed by atoms with Gasteiger partial charge in [-0.1, -0.05) is 0 Å². The molecule has 0 saturated carbocycles. The van der Waals surface area contributed by atoms with Gasteiger partial charge in [0, 0.05) is 13.1 Å². The third-order valence-corrected chi connectivity index (χ3v) is 4.89. The fourth-order valence-corrected chi connectivity index (χ4v) is 3.83. The van der Waals surface area contributed by atoms with Crippen LogP contribution in [0.1, 0.15) is 24.2 Å². The van der Waals surface area contributed by atoms with Crippen LogP contribution >= 0.6 is 0 Å². The molecule has 1 saturated heterocycles. The highest BCUT2D eigenvalue weighted by molar-refractivity contribution is 7.89. The van der Waals surface area contributed by atoms with Gasteiger partial charge in [0.05, 0.1) is 11.4 Å². The minimum atomic E-state index is -3.32. The fourth-order valence-electron chi connectivity index (χ4n) is 1.98. The highest BCUT2D eigenvalue weighted by Gasteiger charge is 2.31. The lowest BCUT2D eigenvalue weighted by Gasteiger charge is -2.15. The van der Waals surface area contributed by atoms with Crippen molar-refractivity contribution < 1.29 is 8.42 Å². The summed E-state index contributed by atoms with van der Waals surface area (Å²) in [6.45, 7) is 4.72. The molecular formula is C9H15N3O2S. The van der Waals surface area contributed by atoms with Gasteiger partial charge < -0.3 is 0 Å². The van der Waals surface area contributed by atoms with Crippen LogP contribution < -0.4 is 0 Å². The first-order valence-corrected chi connectivity index (χ1v) is 6.49. The van der Waals surface area contributed by atoms with Crippen LogP contribution in [0.25, 0.3) is 0 Å². The highest BCUT2D eigenvalue weighted by atomic mass is 32.2. The molecule has 5 nitrogen and oxygen atoms in total. The van der Waals surface area contributed by atoms with Gasteiger partial charge in [-0.2, -0.15) is 9.40 Å². The van der Waals surface area contributed by atoms with Crippen molar-refractivity contribution in [3.8, 4) is 0 Å². The Bertz CT molecular complexity index is 438. The molecule has 1 aliphatic rings. The molecule has 6 heteroatoms. The number of nitrogens with zero attached hydrogens (tertiary/aromatic N) is 2. The fraction of sp³-hybridized carbons (Fsp3) is 0.667. The number of H-pyrrole nitrogens is 1. The van der Waals surface area contributed by atoms with Gasteiger partial charge in [-0.05, 0) is 26.7 Å². The number of aromatic nitrogens is 2. The van der Waals surface area contributed by atoms with E-state index in [-0.39, 0.29) is 0 Å². The summed E-state index contributed by atoms with van der Waals surface area (Å²) in [5.41, 5.74) is 1.18. The molecule has 2 heterocycles. The van der Waals surface area contributed by atoms with Crippen molar-refractivity contribution in [1.29, 1.82) is 0 Å². The molecule has 0 aromatic carbocycles. The Morgan fingerprint density at radius 2 is 1.87 bits per heavy atom. The van der Waals surface area contributed by atoms with E-state index >= 15 is 0 Å². The van der Waals surface area contributed by atoms with Crippen molar-refractivity contribution in [2.75, 3.05) is 13.1 Å². The van der Waals surface area contributed by atoms with E-state index < -0.39 is 10.0 Å². The molecule has 15 heavy (non-hydrogen) atoms. The summed E-state index contributed by atoms with van der Waals surface area (Å²) < 4.78 is 25.9. The summed E-state index contributed by atoms with van der Waals surface area (Å²) in [4.78, 5) is 0.351. The third kappa shape index (κ3) is 1.68. The van der Waals surface area contributed by atoms with Crippen LogP contribution in [0.2, 0.25) is 0 Å². The zero-order valence-electron chi connectivity index (χ0n) is 8.95. The normalized spacial score (nSPS) is 18.5. The minimum absolute atomic E-state index is 0.351. The Hall–Kier alpha value is -0.880. The van der Waals surface area contributed by atoms with Crippen LogP contribution in [0, 0.1) is 13.8 Å². The zero-order chi connectivity index (χ0) is 11.1. The molecule has 1 aromatic heterocycles. The second-order valence-corrected chi connectivity index (χ2v) is 5.75. The molecule has 1 aliphatic heterocycles. The second-order valence-electron chi connectivity index (χ2n) is 3.87. The molecule has 1 fully saturated rings. The van der Waals surface area contributed by atoms with Gasteiger partial charge in [0.1, 0.15) is 4.90 Å². The number of hydrogen-bond donors (Lipinski definition) is 1. The van der Waals surface area contributed by atoms with Gasteiger partial charge in [0.15, 0.2) is 0 Å². The monoisotopic (exact) mass is 229 g/mol. The predicted molar refractivity (Wildman–Crippen MR) is 56.1 cm³/mol. The molecule has 0 unspecified atom stereocenters. The van der Waals surface area contributed by atoms with Crippen molar-refractivity contribution in [2.24, 2.45) is 0 Å². The van der Waals surface area contributed by atoms with Gasteiger partial charge in [-0.25, -0.2) is 8.42 Å². The number of rotatable bonds is 2. The molecule has 2 rings (SSSR count). The molecule has 0 spiro atoms. The van der Waals surface area contributed by atoms with Crippen LogP contribution in [-0.2, 0) is 10.0 Å². The molecule has 0 radical (unpaired) electrons. The van der Waals surface area contributed by atoms with Gasteiger partial charge >= 0.3 is 0 Å². The quantitative estimate of drug-likeness (QED) is 0.816. The van der Waals surface area contributed by atoms with Crippen LogP contribution in [0.3, 0.4) is 0 Å². The number of aryl methyl sites for hydroxylation is 2. The Morgan fingerprint density at radius 1 is 1.27 bits per heavy atom. The lowest BCUT2D eigenvalue weighted by molar-refractivity contribution is 0.476. The van der Waals surface area contributed by atoms with Crippen LogP contribution in [0.5, 0.6) is 0 Å². The van der Waals surface area contributed by atoms with E-state index in [1.54, 1.807) is 13.8 Å². The second kappa shape index (κ2) is 3.61. The van der Waals surface area contributed by atoms with Crippen LogP contribution in [0.4, 0.5) is 0 Å². The average molecular weight is 229 g/mol. The Kier molecular flexibility index (Phi) is 2.56. The Labute approximate surface area is 89.5 Å². The molecule has 0 amide bonds. The molecule has 0 aliphatic carbocycles. The topological polar surface area (TPSA) is 66.1 Å². The summed E-state index contributed by atoms with van der Waals surface area (Å²) in [5, 5.41) is 6.63. The summed E-state index contributed by atoms with van der Waals surface area (Å²) in [6.07, 6.45) is 1.91. The van der Waals surface area contributed by atoms with E-state index in [1.165, 1.54) is 4.31 Å². The summed E-state index contributed by atoms with van der Waals surface area (Å²) in [6, 6.07) is 0. The largest absolute Gasteiger partial charge is 0.281 e. The van der Waals surface area contributed by atoms with Gasteiger partial charge in [0.25, 0.3) is 0 Å². The molecule has 0 bridgehead atoms. The summed E-state index contributed by atoms with van der Waals surface area (Å²) in [7, 11) is -3.32. The standard InChI is InChI=1S/C9H15N3O2S/c1-7-9(8(2)11-10-7)15(13,14)12-5-3-4-6-12/h3-6H2,1-2H3,(H,10,11). The van der Waals surface area contributed by atoms with Crippen LogP contribution in [0.15, 0.2) is 4.90 Å². The Morgan fingerprint density at radius 3 is 2.33 bits per heavy atom. The van der Waals surface area contributed by atoms with E-state index in [0.717, 1.165) is 12.8 Å². The number of hydrogen-bond acceptors (Lipinski definition) is 3. The van der Waals surface area contributed by atoms with Crippen LogP contribution in [-0.4, -0.2) is 36.0 Å². The van der Waals surface area contributed by atoms with Gasteiger partial charge in [0.2, 0.25) is 10.0 Å². The summed E-state index contributed by atoms with van der Waals surface area (Å²) >= 11 is 0. The lowest BCUT2D eigenvalue weighted by Crippen LogP contribution is -2.28. The lowest BCUT2D eigenvalue weighted by atomic mass is 10.4. The smallest absolute Gasteiger partial charge is 0.246 e. The Balaban J connectivity index is 2.45. The molecule has 1 N–H and O–H groups in total.